The molecule has 0 spiro atoms. The van der Waals surface area contributed by atoms with E-state index >= 15 is 0 Å². The Morgan fingerprint density at radius 2 is 1.95 bits per heavy atom. The Labute approximate surface area is 124 Å². The van der Waals surface area contributed by atoms with Crippen LogP contribution >= 0.6 is 15.9 Å². The fourth-order valence-electron chi connectivity index (χ4n) is 1.89. The number of hydrogen-bond donors (Lipinski definition) is 2. The van der Waals surface area contributed by atoms with Crippen LogP contribution in [0.5, 0.6) is 0 Å². The number of hydrogen-bond acceptors (Lipinski definition) is 2. The predicted octanol–water partition coefficient (Wildman–Crippen LogP) is 3.89. The summed E-state index contributed by atoms with van der Waals surface area (Å²) in [7, 11) is 0. The van der Waals surface area contributed by atoms with Crippen LogP contribution in [0.15, 0.2) is 16.6 Å². The first-order valence-corrected chi connectivity index (χ1v) is 7.47. The zero-order valence-corrected chi connectivity index (χ0v) is 13.7. The molecular weight excluding hydrogens is 304 g/mol. The van der Waals surface area contributed by atoms with Gasteiger partial charge in [0, 0.05) is 21.8 Å². The van der Waals surface area contributed by atoms with Gasteiger partial charge in [-0.05, 0) is 50.3 Å². The molecular formula is C15H23BrN2O. The number of nitrogens with one attached hydrogen (secondary N) is 1. The lowest BCUT2D eigenvalue weighted by Gasteiger charge is -2.16. The van der Waals surface area contributed by atoms with Gasteiger partial charge in [-0.2, -0.15) is 0 Å². The Morgan fingerprint density at radius 3 is 2.53 bits per heavy atom. The summed E-state index contributed by atoms with van der Waals surface area (Å²) in [6.45, 7) is 8.29. The van der Waals surface area contributed by atoms with Gasteiger partial charge < -0.3 is 11.1 Å². The van der Waals surface area contributed by atoms with Crippen LogP contribution in [0.2, 0.25) is 0 Å². The fourth-order valence-corrected chi connectivity index (χ4v) is 2.37. The maximum atomic E-state index is 12.2. The molecule has 0 radical (unpaired) electrons. The third-order valence-electron chi connectivity index (χ3n) is 3.21. The highest BCUT2D eigenvalue weighted by molar-refractivity contribution is 9.10. The van der Waals surface area contributed by atoms with Crippen LogP contribution in [0, 0.1) is 12.8 Å². The van der Waals surface area contributed by atoms with E-state index < -0.39 is 0 Å². The van der Waals surface area contributed by atoms with Crippen molar-refractivity contribution in [2.75, 3.05) is 5.73 Å². The van der Waals surface area contributed by atoms with Crippen molar-refractivity contribution in [3.63, 3.8) is 0 Å². The third-order valence-corrected chi connectivity index (χ3v) is 3.67. The van der Waals surface area contributed by atoms with Gasteiger partial charge in [-0.1, -0.05) is 29.8 Å². The number of anilines is 1. The second-order valence-electron chi connectivity index (χ2n) is 5.51. The molecule has 1 aromatic carbocycles. The highest BCUT2D eigenvalue weighted by Gasteiger charge is 2.14. The van der Waals surface area contributed by atoms with E-state index in [0.717, 1.165) is 22.9 Å². The fraction of sp³-hybridized carbons (Fsp3) is 0.533. The summed E-state index contributed by atoms with van der Waals surface area (Å²) in [6.07, 6.45) is 2.10. The maximum Gasteiger partial charge on any atom is 0.251 e. The Kier molecular flexibility index (Phi) is 5.85. The van der Waals surface area contributed by atoms with Gasteiger partial charge >= 0.3 is 0 Å². The van der Waals surface area contributed by atoms with E-state index in [0.29, 0.717) is 17.2 Å². The van der Waals surface area contributed by atoms with Crippen LogP contribution in [-0.4, -0.2) is 11.9 Å². The van der Waals surface area contributed by atoms with Crippen molar-refractivity contribution < 1.29 is 4.79 Å². The molecule has 0 heterocycles. The number of halogens is 1. The first-order chi connectivity index (χ1) is 8.81. The summed E-state index contributed by atoms with van der Waals surface area (Å²) in [5.41, 5.74) is 7.98. The largest absolute Gasteiger partial charge is 0.398 e. The summed E-state index contributed by atoms with van der Waals surface area (Å²) in [4.78, 5) is 12.2. The molecule has 1 rings (SSSR count). The summed E-state index contributed by atoms with van der Waals surface area (Å²) >= 11 is 3.37. The SMILES string of the molecule is Cc1c(N)cc(Br)cc1C(=O)NC(C)CCC(C)C. The third kappa shape index (κ3) is 4.86. The highest BCUT2D eigenvalue weighted by atomic mass is 79.9. The van der Waals surface area contributed by atoms with Crippen molar-refractivity contribution in [3.05, 3.63) is 27.7 Å². The number of benzene rings is 1. The number of carbonyl (C=O) groups excluding carboxylic acids is 1. The minimum atomic E-state index is -0.0539. The van der Waals surface area contributed by atoms with Crippen LogP contribution in [-0.2, 0) is 0 Å². The standard InChI is InChI=1S/C15H23BrN2O/c1-9(2)5-6-10(3)18-15(19)13-7-12(16)8-14(17)11(13)4/h7-10H,5-6,17H2,1-4H3,(H,18,19). The Balaban J connectivity index is 2.73. The van der Waals surface area contributed by atoms with Gasteiger partial charge in [-0.3, -0.25) is 4.79 Å². The van der Waals surface area contributed by atoms with Crippen molar-refractivity contribution in [1.29, 1.82) is 0 Å². The quantitative estimate of drug-likeness (QED) is 0.806. The summed E-state index contributed by atoms with van der Waals surface area (Å²) < 4.78 is 0.829. The molecule has 0 aliphatic rings. The van der Waals surface area contributed by atoms with Gasteiger partial charge in [-0.25, -0.2) is 0 Å². The normalized spacial score (nSPS) is 12.5. The lowest BCUT2D eigenvalue weighted by molar-refractivity contribution is 0.0936. The lowest BCUT2D eigenvalue weighted by Crippen LogP contribution is -2.33. The Bertz CT molecular complexity index is 458. The monoisotopic (exact) mass is 326 g/mol. The predicted molar refractivity (Wildman–Crippen MR) is 84.3 cm³/mol. The topological polar surface area (TPSA) is 55.1 Å². The molecule has 19 heavy (non-hydrogen) atoms. The molecule has 0 saturated carbocycles. The van der Waals surface area contributed by atoms with Crippen molar-refractivity contribution in [3.8, 4) is 0 Å². The number of nitrogens with two attached hydrogens (primary N) is 1. The first-order valence-electron chi connectivity index (χ1n) is 6.67. The van der Waals surface area contributed by atoms with E-state index in [2.05, 4.69) is 35.1 Å². The van der Waals surface area contributed by atoms with Gasteiger partial charge in [0.15, 0.2) is 0 Å². The van der Waals surface area contributed by atoms with Crippen LogP contribution < -0.4 is 11.1 Å². The molecule has 1 unspecified atom stereocenters. The zero-order valence-electron chi connectivity index (χ0n) is 12.1. The molecule has 3 nitrogen and oxygen atoms in total. The zero-order chi connectivity index (χ0) is 14.6. The van der Waals surface area contributed by atoms with Crippen LogP contribution in [0.25, 0.3) is 0 Å². The Morgan fingerprint density at radius 1 is 1.32 bits per heavy atom. The van der Waals surface area contributed by atoms with E-state index in [4.69, 9.17) is 5.73 Å². The summed E-state index contributed by atoms with van der Waals surface area (Å²) in [6, 6.07) is 3.80. The average molecular weight is 327 g/mol. The number of amides is 1. The van der Waals surface area contributed by atoms with Crippen molar-refractivity contribution in [1.82, 2.24) is 5.32 Å². The maximum absolute atomic E-state index is 12.2. The molecule has 0 aliphatic heterocycles. The summed E-state index contributed by atoms with van der Waals surface area (Å²) in [5.74, 6) is 0.601. The number of nitrogen functional groups attached to an aromatic ring is 1. The molecule has 4 heteroatoms. The lowest BCUT2D eigenvalue weighted by atomic mass is 10.0. The average Bonchev–Trinajstić information content (AvgIpc) is 2.31. The van der Waals surface area contributed by atoms with E-state index in [1.165, 1.54) is 0 Å². The molecule has 0 aromatic heterocycles. The smallest absolute Gasteiger partial charge is 0.251 e. The molecule has 0 aliphatic carbocycles. The van der Waals surface area contributed by atoms with Gasteiger partial charge in [-0.15, -0.1) is 0 Å². The van der Waals surface area contributed by atoms with Gasteiger partial charge in [0.25, 0.3) is 5.91 Å². The van der Waals surface area contributed by atoms with Crippen LogP contribution in [0.4, 0.5) is 5.69 Å². The first kappa shape index (κ1) is 16.0. The second kappa shape index (κ2) is 6.94. The molecule has 0 saturated heterocycles. The van der Waals surface area contributed by atoms with E-state index in [-0.39, 0.29) is 11.9 Å². The van der Waals surface area contributed by atoms with Gasteiger partial charge in [0.05, 0.1) is 0 Å². The van der Waals surface area contributed by atoms with E-state index in [1.807, 2.05) is 26.0 Å². The molecule has 106 valence electrons. The van der Waals surface area contributed by atoms with E-state index in [1.54, 1.807) is 0 Å². The molecule has 1 aromatic rings. The molecule has 3 N–H and O–H groups in total. The highest BCUT2D eigenvalue weighted by Crippen LogP contribution is 2.23. The second-order valence-corrected chi connectivity index (χ2v) is 6.43. The molecule has 0 fully saturated rings. The molecule has 1 atom stereocenters. The number of rotatable bonds is 5. The molecule has 0 bridgehead atoms. The van der Waals surface area contributed by atoms with Crippen molar-refractivity contribution in [2.24, 2.45) is 5.92 Å². The number of carbonyl (C=O) groups is 1. The van der Waals surface area contributed by atoms with Gasteiger partial charge in [0.1, 0.15) is 0 Å². The van der Waals surface area contributed by atoms with Crippen LogP contribution in [0.3, 0.4) is 0 Å². The van der Waals surface area contributed by atoms with Crippen molar-refractivity contribution >= 4 is 27.5 Å². The van der Waals surface area contributed by atoms with Crippen LogP contribution in [0.1, 0.15) is 49.5 Å². The minimum absolute atomic E-state index is 0.0539. The van der Waals surface area contributed by atoms with E-state index in [9.17, 15) is 4.79 Å². The minimum Gasteiger partial charge on any atom is -0.398 e. The van der Waals surface area contributed by atoms with Crippen molar-refractivity contribution in [2.45, 2.75) is 46.6 Å². The molecule has 1 amide bonds. The van der Waals surface area contributed by atoms with Gasteiger partial charge in [0.2, 0.25) is 0 Å². The Hall–Kier alpha value is -1.03. The summed E-state index contributed by atoms with van der Waals surface area (Å²) in [5, 5.41) is 3.03.